The largest absolute Gasteiger partial charge is 0.472 e. The number of aliphatic hydroxyl groups excluding tert-OH is 1. The molecule has 0 bridgehead atoms. The number of nitrogens with one attached hydrogen (secondary N) is 1. The number of aliphatic hydroxyl groups is 1. The summed E-state index contributed by atoms with van der Waals surface area (Å²) in [6, 6.07) is -0.860. The van der Waals surface area contributed by atoms with Gasteiger partial charge >= 0.3 is 7.82 Å². The fraction of sp³-hybridized carbons (Fsp3) is 0.919. The summed E-state index contributed by atoms with van der Waals surface area (Å²) in [5, 5.41) is 13.9. The number of amides is 1. The average molecular weight is 1020 g/mol. The highest BCUT2D eigenvalue weighted by Gasteiger charge is 2.27. The maximum Gasteiger partial charge on any atom is 0.472 e. The minimum atomic E-state index is -4.35. The fourth-order valence-corrected chi connectivity index (χ4v) is 10.3. The highest BCUT2D eigenvalue weighted by atomic mass is 31.2. The molecule has 0 aliphatic carbocycles. The molecule has 3 unspecified atom stereocenters. The first-order valence-electron chi connectivity index (χ1n) is 31.2. The van der Waals surface area contributed by atoms with Crippen LogP contribution in [0.15, 0.2) is 24.3 Å². The lowest BCUT2D eigenvalue weighted by molar-refractivity contribution is -0.870. The van der Waals surface area contributed by atoms with Gasteiger partial charge in [0.25, 0.3) is 0 Å². The van der Waals surface area contributed by atoms with E-state index in [1.807, 2.05) is 27.2 Å². The van der Waals surface area contributed by atoms with Gasteiger partial charge in [0.15, 0.2) is 0 Å². The molecular formula is C62H124N2O6P+. The predicted octanol–water partition coefficient (Wildman–Crippen LogP) is 19.2. The second kappa shape index (κ2) is 53.8. The summed E-state index contributed by atoms with van der Waals surface area (Å²) >= 11 is 0. The molecule has 0 aromatic rings. The molecule has 0 aliphatic rings. The van der Waals surface area contributed by atoms with Crippen LogP contribution in [0.5, 0.6) is 0 Å². The third kappa shape index (κ3) is 56.5. The van der Waals surface area contributed by atoms with Crippen LogP contribution in [0, 0.1) is 0 Å². The van der Waals surface area contributed by atoms with Gasteiger partial charge in [-0.2, -0.15) is 0 Å². The molecule has 3 N–H and O–H groups in total. The molecule has 9 heteroatoms. The summed E-state index contributed by atoms with van der Waals surface area (Å²) in [6.07, 6.45) is 68.8. The van der Waals surface area contributed by atoms with Crippen molar-refractivity contribution in [2.75, 3.05) is 40.9 Å². The van der Waals surface area contributed by atoms with Gasteiger partial charge in [-0.05, 0) is 32.1 Å². The van der Waals surface area contributed by atoms with Crippen molar-refractivity contribution >= 4 is 13.7 Å². The van der Waals surface area contributed by atoms with E-state index < -0.39 is 20.0 Å². The van der Waals surface area contributed by atoms with Crippen LogP contribution in [0.4, 0.5) is 0 Å². The number of quaternary nitrogens is 1. The van der Waals surface area contributed by atoms with Crippen molar-refractivity contribution in [1.82, 2.24) is 5.32 Å². The second-order valence-corrected chi connectivity index (χ2v) is 24.2. The number of likely N-dealkylation sites (N-methyl/N-ethyl adjacent to an activating group) is 1. The zero-order valence-electron chi connectivity index (χ0n) is 48.2. The van der Waals surface area contributed by atoms with Crippen LogP contribution >= 0.6 is 7.82 Å². The lowest BCUT2D eigenvalue weighted by Gasteiger charge is -2.25. The van der Waals surface area contributed by atoms with Crippen LogP contribution in [-0.2, 0) is 18.4 Å². The van der Waals surface area contributed by atoms with Crippen LogP contribution in [0.25, 0.3) is 0 Å². The van der Waals surface area contributed by atoms with Gasteiger partial charge in [-0.25, -0.2) is 4.57 Å². The zero-order valence-corrected chi connectivity index (χ0v) is 49.1. The third-order valence-corrected chi connectivity index (χ3v) is 15.4. The summed E-state index contributed by atoms with van der Waals surface area (Å²) in [4.78, 5) is 23.3. The number of carbonyl (C=O) groups is 1. The Morgan fingerprint density at radius 3 is 1.13 bits per heavy atom. The van der Waals surface area contributed by atoms with Crippen molar-refractivity contribution in [1.29, 1.82) is 0 Å². The summed E-state index contributed by atoms with van der Waals surface area (Å²) in [7, 11) is 1.57. The fourth-order valence-electron chi connectivity index (χ4n) is 9.53. The first-order valence-corrected chi connectivity index (χ1v) is 32.7. The Hall–Kier alpha value is -1.02. The van der Waals surface area contributed by atoms with E-state index in [-0.39, 0.29) is 19.1 Å². The molecule has 422 valence electrons. The van der Waals surface area contributed by atoms with Gasteiger partial charge in [0, 0.05) is 6.42 Å². The van der Waals surface area contributed by atoms with Gasteiger partial charge in [0.05, 0.1) is 39.9 Å². The molecule has 0 rings (SSSR count). The molecule has 0 radical (unpaired) electrons. The highest BCUT2D eigenvalue weighted by Crippen LogP contribution is 2.43. The Bertz CT molecular complexity index is 1210. The SMILES string of the molecule is CCCCCCCCCCCCC/C=C/CC/C=C/C(O)C(COP(=O)(O)OCC[N+](C)(C)C)NC(=O)CCCCCCCCCCCCCCCCCCCCCCCCCCCCCCCCCC. The van der Waals surface area contributed by atoms with E-state index in [0.29, 0.717) is 17.4 Å². The molecule has 0 aromatic heterocycles. The van der Waals surface area contributed by atoms with Crippen molar-refractivity contribution in [3.63, 3.8) is 0 Å². The molecule has 0 aliphatic heterocycles. The van der Waals surface area contributed by atoms with Crippen LogP contribution in [0.3, 0.4) is 0 Å². The molecule has 71 heavy (non-hydrogen) atoms. The number of rotatable bonds is 58. The van der Waals surface area contributed by atoms with E-state index >= 15 is 0 Å². The standard InChI is InChI=1S/C62H123N2O6P/c1-6-8-10-12-14-16-18-20-22-24-25-26-27-28-29-30-31-32-33-34-35-36-37-38-40-42-44-46-48-50-52-54-56-62(66)63-60(59-70-71(67,68)69-58-57-64(3,4)5)61(65)55-53-51-49-47-45-43-41-39-23-21-19-17-15-13-11-9-7-2/h45,47,53,55,60-61,65H,6-44,46,48-52,54,56-59H2,1-5H3,(H-,63,66,67,68)/p+1/b47-45+,55-53+. The second-order valence-electron chi connectivity index (χ2n) is 22.8. The number of hydrogen-bond acceptors (Lipinski definition) is 5. The van der Waals surface area contributed by atoms with E-state index in [4.69, 9.17) is 9.05 Å². The van der Waals surface area contributed by atoms with Gasteiger partial charge in [-0.15, -0.1) is 0 Å². The number of phosphoric acid groups is 1. The van der Waals surface area contributed by atoms with E-state index in [9.17, 15) is 19.4 Å². The molecule has 0 fully saturated rings. The highest BCUT2D eigenvalue weighted by molar-refractivity contribution is 7.47. The number of allylic oxidation sites excluding steroid dienone is 3. The number of nitrogens with zero attached hydrogens (tertiary/aromatic N) is 1. The Balaban J connectivity index is 4.03. The van der Waals surface area contributed by atoms with Gasteiger partial charge < -0.3 is 19.8 Å². The lowest BCUT2D eigenvalue weighted by Crippen LogP contribution is -2.45. The van der Waals surface area contributed by atoms with E-state index in [1.54, 1.807) is 6.08 Å². The van der Waals surface area contributed by atoms with E-state index in [0.717, 1.165) is 38.5 Å². The van der Waals surface area contributed by atoms with Crippen molar-refractivity contribution in [3.05, 3.63) is 24.3 Å². The minimum absolute atomic E-state index is 0.0588. The molecule has 0 heterocycles. The number of phosphoric ester groups is 1. The van der Waals surface area contributed by atoms with Crippen LogP contribution in [0.1, 0.15) is 316 Å². The minimum Gasteiger partial charge on any atom is -0.387 e. The van der Waals surface area contributed by atoms with Gasteiger partial charge in [0.2, 0.25) is 5.91 Å². The van der Waals surface area contributed by atoms with Crippen molar-refractivity contribution in [2.45, 2.75) is 328 Å². The Labute approximate surface area is 443 Å². The molecule has 0 saturated heterocycles. The summed E-state index contributed by atoms with van der Waals surface area (Å²) in [5.41, 5.74) is 0. The van der Waals surface area contributed by atoms with Crippen LogP contribution in [-0.4, -0.2) is 73.4 Å². The summed E-state index contributed by atoms with van der Waals surface area (Å²) in [5.74, 6) is -0.180. The molecule has 8 nitrogen and oxygen atoms in total. The summed E-state index contributed by atoms with van der Waals surface area (Å²) in [6.45, 7) is 4.84. The lowest BCUT2D eigenvalue weighted by atomic mass is 10.0. The molecule has 3 atom stereocenters. The monoisotopic (exact) mass is 1020 g/mol. The topological polar surface area (TPSA) is 105 Å². The Morgan fingerprint density at radius 2 is 0.775 bits per heavy atom. The first-order chi connectivity index (χ1) is 34.5. The number of unbranched alkanes of at least 4 members (excludes halogenated alkanes) is 43. The maximum absolute atomic E-state index is 13.0. The van der Waals surface area contributed by atoms with Gasteiger partial charge in [-0.1, -0.05) is 301 Å². The van der Waals surface area contributed by atoms with Crippen molar-refractivity contribution in [2.24, 2.45) is 0 Å². The molecule has 0 aromatic carbocycles. The van der Waals surface area contributed by atoms with E-state index in [1.165, 1.54) is 257 Å². The van der Waals surface area contributed by atoms with Crippen LogP contribution in [0.2, 0.25) is 0 Å². The molecule has 0 saturated carbocycles. The number of hydrogen-bond donors (Lipinski definition) is 3. The van der Waals surface area contributed by atoms with Crippen LogP contribution < -0.4 is 5.32 Å². The summed E-state index contributed by atoms with van der Waals surface area (Å²) < 4.78 is 23.7. The number of carbonyl (C=O) groups excluding carboxylic acids is 1. The quantitative estimate of drug-likeness (QED) is 0.0243. The maximum atomic E-state index is 13.0. The third-order valence-electron chi connectivity index (χ3n) is 14.4. The molecular weight excluding hydrogens is 900 g/mol. The van der Waals surface area contributed by atoms with E-state index in [2.05, 4.69) is 31.3 Å². The smallest absolute Gasteiger partial charge is 0.387 e. The predicted molar refractivity (Wildman–Crippen MR) is 309 cm³/mol. The van der Waals surface area contributed by atoms with Crippen molar-refractivity contribution in [3.8, 4) is 0 Å². The van der Waals surface area contributed by atoms with Gasteiger partial charge in [-0.3, -0.25) is 13.8 Å². The first kappa shape index (κ1) is 70.0. The zero-order chi connectivity index (χ0) is 52.0. The molecule has 0 spiro atoms. The molecule has 1 amide bonds. The normalized spacial score (nSPS) is 14.0. The van der Waals surface area contributed by atoms with Crippen molar-refractivity contribution < 1.29 is 32.9 Å². The average Bonchev–Trinajstić information content (AvgIpc) is 3.33. The Kier molecular flexibility index (Phi) is 53.0. The van der Waals surface area contributed by atoms with Gasteiger partial charge in [0.1, 0.15) is 13.2 Å². The Morgan fingerprint density at radius 1 is 0.465 bits per heavy atom.